The van der Waals surface area contributed by atoms with Crippen LogP contribution < -0.4 is 10.1 Å². The number of rotatable bonds is 5. The Hall–Kier alpha value is -3.22. The SMILES string of the molecule is COc1ccc(CN2C(=O)c3cc4occc4n3C[C@]2(C)C(=O)NC2CCCCCCC2)cc1. The van der Waals surface area contributed by atoms with Gasteiger partial charge >= 0.3 is 0 Å². The molecule has 5 rings (SSSR count). The molecule has 0 bridgehead atoms. The van der Waals surface area contributed by atoms with Gasteiger partial charge in [0.1, 0.15) is 17.0 Å². The summed E-state index contributed by atoms with van der Waals surface area (Å²) in [5.41, 5.74) is 1.98. The Balaban J connectivity index is 1.48. The summed E-state index contributed by atoms with van der Waals surface area (Å²) in [5, 5.41) is 3.33. The normalized spacial score (nSPS) is 21.7. The number of aromatic nitrogens is 1. The first-order valence-corrected chi connectivity index (χ1v) is 12.3. The summed E-state index contributed by atoms with van der Waals surface area (Å²) >= 11 is 0. The summed E-state index contributed by atoms with van der Waals surface area (Å²) in [6.07, 6.45) is 9.59. The maximum Gasteiger partial charge on any atom is 0.271 e. The van der Waals surface area contributed by atoms with E-state index in [1.807, 2.05) is 41.8 Å². The second-order valence-electron chi connectivity index (χ2n) is 9.81. The monoisotopic (exact) mass is 463 g/mol. The van der Waals surface area contributed by atoms with Crippen LogP contribution in [-0.4, -0.2) is 40.0 Å². The largest absolute Gasteiger partial charge is 0.497 e. The second kappa shape index (κ2) is 9.20. The van der Waals surface area contributed by atoms with Crippen LogP contribution in [0.5, 0.6) is 5.75 Å². The van der Waals surface area contributed by atoms with Crippen molar-refractivity contribution in [1.82, 2.24) is 14.8 Å². The van der Waals surface area contributed by atoms with Gasteiger partial charge in [0.15, 0.2) is 5.58 Å². The van der Waals surface area contributed by atoms with Gasteiger partial charge in [-0.15, -0.1) is 0 Å². The van der Waals surface area contributed by atoms with Gasteiger partial charge in [-0.25, -0.2) is 0 Å². The van der Waals surface area contributed by atoms with Crippen molar-refractivity contribution in [3.8, 4) is 5.75 Å². The Morgan fingerprint density at radius 3 is 2.53 bits per heavy atom. The third-order valence-electron chi connectivity index (χ3n) is 7.48. The number of carbonyl (C=O) groups is 2. The molecule has 2 aliphatic rings. The highest BCUT2D eigenvalue weighted by atomic mass is 16.5. The lowest BCUT2D eigenvalue weighted by atomic mass is 9.91. The average molecular weight is 464 g/mol. The van der Waals surface area contributed by atoms with Crippen molar-refractivity contribution in [1.29, 1.82) is 0 Å². The van der Waals surface area contributed by atoms with Crippen LogP contribution >= 0.6 is 0 Å². The fourth-order valence-electron chi connectivity index (χ4n) is 5.38. The quantitative estimate of drug-likeness (QED) is 0.585. The summed E-state index contributed by atoms with van der Waals surface area (Å²) in [5.74, 6) is 0.507. The van der Waals surface area contributed by atoms with E-state index in [0.29, 0.717) is 24.4 Å². The third kappa shape index (κ3) is 4.08. The molecule has 2 aromatic heterocycles. The molecule has 1 atom stereocenters. The third-order valence-corrected chi connectivity index (χ3v) is 7.48. The van der Waals surface area contributed by atoms with E-state index in [1.165, 1.54) is 19.3 Å². The minimum Gasteiger partial charge on any atom is -0.497 e. The molecule has 7 nitrogen and oxygen atoms in total. The highest BCUT2D eigenvalue weighted by Gasteiger charge is 2.48. The Labute approximate surface area is 200 Å². The number of hydrogen-bond donors (Lipinski definition) is 1. The molecule has 0 saturated heterocycles. The summed E-state index contributed by atoms with van der Waals surface area (Å²) in [6, 6.07) is 11.4. The minimum absolute atomic E-state index is 0.0871. The summed E-state index contributed by atoms with van der Waals surface area (Å²) in [6.45, 7) is 2.61. The molecular formula is C27H33N3O4. The molecule has 3 heterocycles. The van der Waals surface area contributed by atoms with Crippen molar-refractivity contribution < 1.29 is 18.7 Å². The van der Waals surface area contributed by atoms with Crippen molar-refractivity contribution in [2.75, 3.05) is 7.11 Å². The van der Waals surface area contributed by atoms with Crippen LogP contribution in [0.1, 0.15) is 67.9 Å². The van der Waals surface area contributed by atoms with Crippen LogP contribution in [0, 0.1) is 0 Å². The molecule has 1 N–H and O–H groups in total. The fourth-order valence-corrected chi connectivity index (χ4v) is 5.38. The Kier molecular flexibility index (Phi) is 6.11. The molecular weight excluding hydrogens is 430 g/mol. The average Bonchev–Trinajstić information content (AvgIpc) is 3.41. The molecule has 1 aromatic carbocycles. The van der Waals surface area contributed by atoms with E-state index in [4.69, 9.17) is 9.15 Å². The highest BCUT2D eigenvalue weighted by Crippen LogP contribution is 2.34. The Morgan fingerprint density at radius 2 is 1.82 bits per heavy atom. The van der Waals surface area contributed by atoms with E-state index in [-0.39, 0.29) is 17.9 Å². The molecule has 3 aromatic rings. The maximum atomic E-state index is 13.9. The number of fused-ring (bicyclic) bond motifs is 3. The van der Waals surface area contributed by atoms with E-state index < -0.39 is 5.54 Å². The number of nitrogens with zero attached hydrogens (tertiary/aromatic N) is 2. The topological polar surface area (TPSA) is 76.7 Å². The fraction of sp³-hybridized carbons (Fsp3) is 0.481. The van der Waals surface area contributed by atoms with Gasteiger partial charge in [-0.3, -0.25) is 9.59 Å². The first-order chi connectivity index (χ1) is 16.5. The molecule has 180 valence electrons. The van der Waals surface area contributed by atoms with Gasteiger partial charge in [0, 0.05) is 24.7 Å². The zero-order valence-electron chi connectivity index (χ0n) is 20.0. The lowest BCUT2D eigenvalue weighted by Gasteiger charge is -2.44. The highest BCUT2D eigenvalue weighted by molar-refractivity contribution is 6.02. The molecule has 1 fully saturated rings. The number of benzene rings is 1. The molecule has 0 spiro atoms. The lowest BCUT2D eigenvalue weighted by Crippen LogP contribution is -2.64. The van der Waals surface area contributed by atoms with Crippen LogP contribution in [0.4, 0.5) is 0 Å². The van der Waals surface area contributed by atoms with Crippen molar-refractivity contribution >= 4 is 22.9 Å². The Morgan fingerprint density at radius 1 is 1.12 bits per heavy atom. The molecule has 1 aliphatic heterocycles. The summed E-state index contributed by atoms with van der Waals surface area (Å²) in [7, 11) is 1.63. The molecule has 1 aliphatic carbocycles. The standard InChI is InChI=1S/C27H33N3O4/c1-27(26(32)28-20-8-6-4-3-5-7-9-20)18-29-22-14-15-34-24(22)16-23(29)25(31)30(27)17-19-10-12-21(33-2)13-11-19/h10-16,20H,3-9,17-18H2,1-2H3,(H,28,32)/t27-/m1/s1. The number of ether oxygens (including phenoxy) is 1. The first-order valence-electron chi connectivity index (χ1n) is 12.3. The predicted molar refractivity (Wildman–Crippen MR) is 130 cm³/mol. The van der Waals surface area contributed by atoms with Gasteiger partial charge in [0.25, 0.3) is 5.91 Å². The number of carbonyl (C=O) groups excluding carboxylic acids is 2. The number of nitrogens with one attached hydrogen (secondary N) is 1. The van der Waals surface area contributed by atoms with Crippen molar-refractivity contribution in [2.24, 2.45) is 0 Å². The number of furan rings is 1. The van der Waals surface area contributed by atoms with Crippen LogP contribution in [-0.2, 0) is 17.9 Å². The number of hydrogen-bond acceptors (Lipinski definition) is 4. The van der Waals surface area contributed by atoms with Crippen molar-refractivity contribution in [2.45, 2.75) is 76.5 Å². The summed E-state index contributed by atoms with van der Waals surface area (Å²) in [4.78, 5) is 29.4. The first kappa shape index (κ1) is 22.6. The Bertz CT molecular complexity index is 1170. The van der Waals surface area contributed by atoms with Crippen LogP contribution in [0.3, 0.4) is 0 Å². The van der Waals surface area contributed by atoms with Crippen LogP contribution in [0.15, 0.2) is 47.1 Å². The zero-order chi connectivity index (χ0) is 23.7. The smallest absolute Gasteiger partial charge is 0.271 e. The predicted octanol–water partition coefficient (Wildman–Crippen LogP) is 4.89. The van der Waals surface area contributed by atoms with Gasteiger partial charge in [-0.2, -0.15) is 0 Å². The van der Waals surface area contributed by atoms with Gasteiger partial charge < -0.3 is 23.9 Å². The van der Waals surface area contributed by atoms with E-state index in [1.54, 1.807) is 24.3 Å². The number of methoxy groups -OCH3 is 1. The van der Waals surface area contributed by atoms with Gasteiger partial charge in [-0.1, -0.05) is 44.2 Å². The maximum absolute atomic E-state index is 13.9. The van der Waals surface area contributed by atoms with Gasteiger partial charge in [0.2, 0.25) is 5.91 Å². The number of amides is 2. The zero-order valence-corrected chi connectivity index (χ0v) is 20.0. The van der Waals surface area contributed by atoms with Crippen molar-refractivity contribution in [3.05, 3.63) is 53.9 Å². The van der Waals surface area contributed by atoms with E-state index in [9.17, 15) is 9.59 Å². The van der Waals surface area contributed by atoms with Crippen LogP contribution in [0.25, 0.3) is 11.1 Å². The van der Waals surface area contributed by atoms with Crippen LogP contribution in [0.2, 0.25) is 0 Å². The van der Waals surface area contributed by atoms with E-state index in [2.05, 4.69) is 5.32 Å². The van der Waals surface area contributed by atoms with Gasteiger partial charge in [-0.05, 0) is 37.5 Å². The van der Waals surface area contributed by atoms with E-state index in [0.717, 1.165) is 42.5 Å². The molecule has 7 heteroatoms. The van der Waals surface area contributed by atoms with Gasteiger partial charge in [0.05, 0.1) is 25.4 Å². The summed E-state index contributed by atoms with van der Waals surface area (Å²) < 4.78 is 12.8. The molecule has 0 unspecified atom stereocenters. The molecule has 2 amide bonds. The second-order valence-corrected chi connectivity index (χ2v) is 9.81. The molecule has 0 radical (unpaired) electrons. The molecule has 34 heavy (non-hydrogen) atoms. The van der Waals surface area contributed by atoms with E-state index >= 15 is 0 Å². The minimum atomic E-state index is -1.03. The lowest BCUT2D eigenvalue weighted by molar-refractivity contribution is -0.134. The molecule has 1 saturated carbocycles. The van der Waals surface area contributed by atoms with Crippen molar-refractivity contribution in [3.63, 3.8) is 0 Å².